The van der Waals surface area contributed by atoms with Gasteiger partial charge in [0.2, 0.25) is 17.7 Å². The van der Waals surface area contributed by atoms with E-state index in [-0.39, 0.29) is 25.0 Å². The number of likely N-dealkylation sites (tertiary alicyclic amines) is 1. The Hall–Kier alpha value is -2.69. The second-order valence-corrected chi connectivity index (χ2v) is 8.60. The Bertz CT molecular complexity index is 709. The molecule has 33 heavy (non-hydrogen) atoms. The number of carbonyl (C=O) groups is 5. The van der Waals surface area contributed by atoms with Crippen molar-refractivity contribution in [3.8, 4) is 0 Å². The van der Waals surface area contributed by atoms with Gasteiger partial charge in [0.25, 0.3) is 0 Å². The SMILES string of the molecule is CCOC(=O)CC(=O)N[C@H](CNC(=O)[C@@H]1CCCN(C(=O)CCC2CCNCC2)C1)C(=O)O. The average Bonchev–Trinajstić information content (AvgIpc) is 2.80. The minimum Gasteiger partial charge on any atom is -0.480 e. The summed E-state index contributed by atoms with van der Waals surface area (Å²) in [6.07, 6.45) is 4.22. The summed E-state index contributed by atoms with van der Waals surface area (Å²) >= 11 is 0. The Morgan fingerprint density at radius 2 is 1.88 bits per heavy atom. The highest BCUT2D eigenvalue weighted by atomic mass is 16.5. The molecule has 0 saturated carbocycles. The van der Waals surface area contributed by atoms with Crippen molar-refractivity contribution in [3.05, 3.63) is 0 Å². The molecule has 2 aliphatic rings. The molecule has 2 atom stereocenters. The Morgan fingerprint density at radius 1 is 1.15 bits per heavy atom. The van der Waals surface area contributed by atoms with E-state index in [4.69, 9.17) is 0 Å². The third-order valence-electron chi connectivity index (χ3n) is 6.09. The Morgan fingerprint density at radius 3 is 2.55 bits per heavy atom. The van der Waals surface area contributed by atoms with Crippen LogP contribution in [0, 0.1) is 11.8 Å². The van der Waals surface area contributed by atoms with Crippen LogP contribution in [0.1, 0.15) is 51.9 Å². The molecule has 0 aromatic rings. The summed E-state index contributed by atoms with van der Waals surface area (Å²) in [6, 6.07) is -1.37. The van der Waals surface area contributed by atoms with Crippen LogP contribution in [0.2, 0.25) is 0 Å². The molecule has 0 aliphatic carbocycles. The smallest absolute Gasteiger partial charge is 0.328 e. The summed E-state index contributed by atoms with van der Waals surface area (Å²) in [6.45, 7) is 4.31. The van der Waals surface area contributed by atoms with E-state index in [0.717, 1.165) is 32.4 Å². The van der Waals surface area contributed by atoms with Gasteiger partial charge in [0.15, 0.2) is 0 Å². The number of aliphatic carboxylic acids is 1. The summed E-state index contributed by atoms with van der Waals surface area (Å²) in [5, 5.41) is 17.4. The van der Waals surface area contributed by atoms with Crippen LogP contribution in [-0.2, 0) is 28.7 Å². The minimum atomic E-state index is -1.37. The van der Waals surface area contributed by atoms with Gasteiger partial charge in [-0.1, -0.05) is 0 Å². The molecule has 2 fully saturated rings. The maximum Gasteiger partial charge on any atom is 0.328 e. The number of rotatable bonds is 11. The second kappa shape index (κ2) is 13.8. The standard InChI is InChI=1S/C22H36N4O7/c1-2-33-20(29)12-18(27)25-17(22(31)32)13-24-21(30)16-4-3-11-26(14-16)19(28)6-5-15-7-9-23-10-8-15/h15-17,23H,2-14H2,1H3,(H,24,30)(H,25,27)(H,31,32)/t16-,17-/m1/s1. The molecule has 0 unspecified atom stereocenters. The number of carboxylic acid groups (broad SMARTS) is 1. The van der Waals surface area contributed by atoms with Crippen molar-refractivity contribution >= 4 is 29.7 Å². The van der Waals surface area contributed by atoms with E-state index in [2.05, 4.69) is 20.7 Å². The van der Waals surface area contributed by atoms with Gasteiger partial charge in [0, 0.05) is 26.1 Å². The van der Waals surface area contributed by atoms with E-state index in [1.165, 1.54) is 0 Å². The summed E-state index contributed by atoms with van der Waals surface area (Å²) in [7, 11) is 0. The number of esters is 1. The normalized spacial score (nSPS) is 19.9. The van der Waals surface area contributed by atoms with Gasteiger partial charge in [-0.05, 0) is 58.0 Å². The van der Waals surface area contributed by atoms with E-state index < -0.39 is 36.2 Å². The molecule has 0 bridgehead atoms. The molecule has 0 aromatic heterocycles. The number of hydrogen-bond acceptors (Lipinski definition) is 7. The number of nitrogens with one attached hydrogen (secondary N) is 3. The first-order valence-electron chi connectivity index (χ1n) is 11.7. The lowest BCUT2D eigenvalue weighted by molar-refractivity contribution is -0.148. The fraction of sp³-hybridized carbons (Fsp3) is 0.773. The third kappa shape index (κ3) is 9.37. The van der Waals surface area contributed by atoms with Crippen molar-refractivity contribution in [3.63, 3.8) is 0 Å². The van der Waals surface area contributed by atoms with Crippen LogP contribution < -0.4 is 16.0 Å². The van der Waals surface area contributed by atoms with E-state index in [0.29, 0.717) is 38.3 Å². The molecule has 0 radical (unpaired) electrons. The largest absolute Gasteiger partial charge is 0.480 e. The van der Waals surface area contributed by atoms with Gasteiger partial charge in [-0.25, -0.2) is 4.79 Å². The van der Waals surface area contributed by atoms with Crippen molar-refractivity contribution in [2.75, 3.05) is 39.3 Å². The van der Waals surface area contributed by atoms with Gasteiger partial charge in [0.1, 0.15) is 12.5 Å². The van der Waals surface area contributed by atoms with Crippen LogP contribution in [0.15, 0.2) is 0 Å². The topological polar surface area (TPSA) is 154 Å². The second-order valence-electron chi connectivity index (χ2n) is 8.60. The summed E-state index contributed by atoms with van der Waals surface area (Å²) in [5.74, 6) is -3.03. The van der Waals surface area contributed by atoms with Crippen molar-refractivity contribution in [2.45, 2.75) is 57.9 Å². The summed E-state index contributed by atoms with van der Waals surface area (Å²) < 4.78 is 4.66. The number of ether oxygens (including phenoxy) is 1. The van der Waals surface area contributed by atoms with Gasteiger partial charge in [0.05, 0.1) is 12.5 Å². The van der Waals surface area contributed by atoms with Gasteiger partial charge in [-0.3, -0.25) is 19.2 Å². The molecular weight excluding hydrogens is 432 g/mol. The van der Waals surface area contributed by atoms with E-state index >= 15 is 0 Å². The molecule has 3 amide bonds. The zero-order valence-electron chi connectivity index (χ0n) is 19.3. The maximum absolute atomic E-state index is 12.6. The molecular formula is C22H36N4O7. The number of hydrogen-bond donors (Lipinski definition) is 4. The lowest BCUT2D eigenvalue weighted by Gasteiger charge is -2.33. The van der Waals surface area contributed by atoms with Gasteiger partial charge >= 0.3 is 11.9 Å². The number of piperidine rings is 2. The predicted octanol–water partition coefficient (Wildman–Crippen LogP) is -0.356. The Kier molecular flexibility index (Phi) is 11.1. The molecule has 11 nitrogen and oxygen atoms in total. The van der Waals surface area contributed by atoms with Crippen molar-refractivity contribution < 1.29 is 33.8 Å². The molecule has 2 aliphatic heterocycles. The first-order valence-corrected chi connectivity index (χ1v) is 11.7. The molecule has 2 saturated heterocycles. The fourth-order valence-corrected chi connectivity index (χ4v) is 4.21. The summed E-state index contributed by atoms with van der Waals surface area (Å²) in [5.41, 5.74) is 0. The number of amides is 3. The highest BCUT2D eigenvalue weighted by molar-refractivity contribution is 5.96. The highest BCUT2D eigenvalue weighted by Gasteiger charge is 2.30. The zero-order valence-corrected chi connectivity index (χ0v) is 19.3. The van der Waals surface area contributed by atoms with Crippen LogP contribution in [0.5, 0.6) is 0 Å². The van der Waals surface area contributed by atoms with Crippen molar-refractivity contribution in [1.82, 2.24) is 20.9 Å². The van der Waals surface area contributed by atoms with Crippen LogP contribution in [0.25, 0.3) is 0 Å². The molecule has 11 heteroatoms. The monoisotopic (exact) mass is 468 g/mol. The van der Waals surface area contributed by atoms with Crippen LogP contribution in [0.4, 0.5) is 0 Å². The molecule has 4 N–H and O–H groups in total. The lowest BCUT2D eigenvalue weighted by atomic mass is 9.92. The number of carboxylic acids is 1. The zero-order chi connectivity index (χ0) is 24.2. The molecule has 186 valence electrons. The van der Waals surface area contributed by atoms with E-state index in [1.54, 1.807) is 11.8 Å². The van der Waals surface area contributed by atoms with Crippen LogP contribution >= 0.6 is 0 Å². The fourth-order valence-electron chi connectivity index (χ4n) is 4.21. The lowest BCUT2D eigenvalue weighted by Crippen LogP contribution is -2.51. The van der Waals surface area contributed by atoms with E-state index in [1.807, 2.05) is 0 Å². The van der Waals surface area contributed by atoms with Gasteiger partial charge in [-0.2, -0.15) is 0 Å². The molecule has 2 rings (SSSR count). The molecule has 2 heterocycles. The van der Waals surface area contributed by atoms with E-state index in [9.17, 15) is 29.1 Å². The Balaban J connectivity index is 1.77. The molecule has 0 aromatic carbocycles. The Labute approximate surface area is 194 Å². The van der Waals surface area contributed by atoms with Gasteiger partial charge in [-0.15, -0.1) is 0 Å². The first kappa shape index (κ1) is 26.6. The number of carbonyl (C=O) groups excluding carboxylic acids is 4. The minimum absolute atomic E-state index is 0.0562. The number of nitrogens with zero attached hydrogens (tertiary/aromatic N) is 1. The summed E-state index contributed by atoms with van der Waals surface area (Å²) in [4.78, 5) is 61.6. The predicted molar refractivity (Wildman–Crippen MR) is 118 cm³/mol. The van der Waals surface area contributed by atoms with Crippen LogP contribution in [0.3, 0.4) is 0 Å². The third-order valence-corrected chi connectivity index (χ3v) is 6.09. The van der Waals surface area contributed by atoms with Crippen molar-refractivity contribution in [1.29, 1.82) is 0 Å². The maximum atomic E-state index is 12.6. The van der Waals surface area contributed by atoms with Crippen molar-refractivity contribution in [2.24, 2.45) is 11.8 Å². The average molecular weight is 469 g/mol. The van der Waals surface area contributed by atoms with Gasteiger partial charge < -0.3 is 30.7 Å². The quantitative estimate of drug-likeness (QED) is 0.237. The van der Waals surface area contributed by atoms with Crippen LogP contribution in [-0.4, -0.2) is 85.0 Å². The highest BCUT2D eigenvalue weighted by Crippen LogP contribution is 2.21. The first-order chi connectivity index (χ1) is 15.8. The molecule has 0 spiro atoms.